The van der Waals surface area contributed by atoms with Crippen molar-refractivity contribution in [1.82, 2.24) is 5.32 Å². The minimum atomic E-state index is 0.426. The molecule has 1 aromatic carbocycles. The average molecular weight is 219 g/mol. The summed E-state index contributed by atoms with van der Waals surface area (Å²) < 4.78 is 5.96. The molecule has 2 nitrogen and oxygen atoms in total. The standard InChI is InChI=1S/C14H21NO/c1-15-11-12-7-9-14(10-8-12)16-13-5-3-2-4-6-13/h2-6,12,14-15H,7-11H2,1H3. The SMILES string of the molecule is CNCC1CCC(Oc2ccccc2)CC1. The molecule has 0 aliphatic heterocycles. The van der Waals surface area contributed by atoms with Crippen LogP contribution in [0.25, 0.3) is 0 Å². The summed E-state index contributed by atoms with van der Waals surface area (Å²) >= 11 is 0. The maximum atomic E-state index is 5.96. The van der Waals surface area contributed by atoms with Crippen LogP contribution in [0, 0.1) is 5.92 Å². The molecule has 2 heteroatoms. The lowest BCUT2D eigenvalue weighted by Gasteiger charge is -2.28. The largest absolute Gasteiger partial charge is 0.490 e. The Bertz CT molecular complexity index is 291. The monoisotopic (exact) mass is 219 g/mol. The van der Waals surface area contributed by atoms with Gasteiger partial charge in [0, 0.05) is 0 Å². The molecule has 0 saturated heterocycles. The molecule has 0 atom stereocenters. The van der Waals surface area contributed by atoms with Gasteiger partial charge in [0.25, 0.3) is 0 Å². The molecule has 16 heavy (non-hydrogen) atoms. The molecular weight excluding hydrogens is 198 g/mol. The molecule has 0 aromatic heterocycles. The molecule has 1 saturated carbocycles. The van der Waals surface area contributed by atoms with Crippen LogP contribution in [-0.2, 0) is 0 Å². The van der Waals surface area contributed by atoms with Crippen LogP contribution in [0.5, 0.6) is 5.75 Å². The van der Waals surface area contributed by atoms with Gasteiger partial charge in [-0.05, 0) is 57.3 Å². The van der Waals surface area contributed by atoms with E-state index in [9.17, 15) is 0 Å². The van der Waals surface area contributed by atoms with Crippen LogP contribution in [-0.4, -0.2) is 19.7 Å². The number of ether oxygens (including phenoxy) is 1. The molecule has 0 amide bonds. The maximum Gasteiger partial charge on any atom is 0.119 e. The number of hydrogen-bond donors (Lipinski definition) is 1. The fraction of sp³-hybridized carbons (Fsp3) is 0.571. The van der Waals surface area contributed by atoms with E-state index in [2.05, 4.69) is 5.32 Å². The Morgan fingerprint density at radius 1 is 1.12 bits per heavy atom. The first-order valence-corrected chi connectivity index (χ1v) is 6.25. The van der Waals surface area contributed by atoms with Crippen molar-refractivity contribution in [3.05, 3.63) is 30.3 Å². The van der Waals surface area contributed by atoms with Crippen molar-refractivity contribution in [3.63, 3.8) is 0 Å². The summed E-state index contributed by atoms with van der Waals surface area (Å²) in [7, 11) is 2.03. The lowest BCUT2D eigenvalue weighted by Crippen LogP contribution is -2.28. The molecule has 0 bridgehead atoms. The summed E-state index contributed by atoms with van der Waals surface area (Å²) in [5.41, 5.74) is 0. The number of rotatable bonds is 4. The molecule has 1 fully saturated rings. The van der Waals surface area contributed by atoms with E-state index >= 15 is 0 Å². The van der Waals surface area contributed by atoms with Gasteiger partial charge in [-0.2, -0.15) is 0 Å². The van der Waals surface area contributed by atoms with Gasteiger partial charge in [0.2, 0.25) is 0 Å². The fourth-order valence-electron chi connectivity index (χ4n) is 2.43. The molecule has 1 N–H and O–H groups in total. The van der Waals surface area contributed by atoms with E-state index in [1.165, 1.54) is 25.7 Å². The maximum absolute atomic E-state index is 5.96. The highest BCUT2D eigenvalue weighted by molar-refractivity contribution is 5.21. The van der Waals surface area contributed by atoms with Crippen molar-refractivity contribution >= 4 is 0 Å². The lowest BCUT2D eigenvalue weighted by atomic mass is 9.87. The van der Waals surface area contributed by atoms with E-state index in [4.69, 9.17) is 4.74 Å². The topological polar surface area (TPSA) is 21.3 Å². The third kappa shape index (κ3) is 3.24. The van der Waals surface area contributed by atoms with Crippen molar-refractivity contribution in [1.29, 1.82) is 0 Å². The Balaban J connectivity index is 1.77. The van der Waals surface area contributed by atoms with Gasteiger partial charge in [-0.3, -0.25) is 0 Å². The number of para-hydroxylation sites is 1. The van der Waals surface area contributed by atoms with Gasteiger partial charge in [-0.1, -0.05) is 18.2 Å². The first kappa shape index (κ1) is 11.5. The third-order valence-electron chi connectivity index (χ3n) is 3.33. The highest BCUT2D eigenvalue weighted by Gasteiger charge is 2.21. The second-order valence-electron chi connectivity index (χ2n) is 4.63. The molecule has 0 spiro atoms. The molecule has 1 aliphatic carbocycles. The fourth-order valence-corrected chi connectivity index (χ4v) is 2.43. The van der Waals surface area contributed by atoms with Crippen molar-refractivity contribution in [2.45, 2.75) is 31.8 Å². The van der Waals surface area contributed by atoms with Gasteiger partial charge in [0.1, 0.15) is 5.75 Å². The van der Waals surface area contributed by atoms with E-state index in [0.717, 1.165) is 18.2 Å². The Morgan fingerprint density at radius 2 is 1.81 bits per heavy atom. The summed E-state index contributed by atoms with van der Waals surface area (Å²) in [4.78, 5) is 0. The summed E-state index contributed by atoms with van der Waals surface area (Å²) in [6, 6.07) is 10.2. The van der Waals surface area contributed by atoms with Gasteiger partial charge in [-0.15, -0.1) is 0 Å². The minimum Gasteiger partial charge on any atom is -0.490 e. The van der Waals surface area contributed by atoms with Crippen LogP contribution < -0.4 is 10.1 Å². The molecule has 0 radical (unpaired) electrons. The second-order valence-corrected chi connectivity index (χ2v) is 4.63. The molecule has 88 valence electrons. The molecule has 2 rings (SSSR count). The zero-order chi connectivity index (χ0) is 11.2. The van der Waals surface area contributed by atoms with Crippen LogP contribution in [0.3, 0.4) is 0 Å². The van der Waals surface area contributed by atoms with Gasteiger partial charge < -0.3 is 10.1 Å². The molecule has 0 heterocycles. The zero-order valence-corrected chi connectivity index (χ0v) is 9.99. The van der Waals surface area contributed by atoms with Gasteiger partial charge in [0.15, 0.2) is 0 Å². The summed E-state index contributed by atoms with van der Waals surface area (Å²) in [6.07, 6.45) is 5.40. The number of nitrogens with one attached hydrogen (secondary N) is 1. The molecule has 0 unspecified atom stereocenters. The Hall–Kier alpha value is -1.02. The highest BCUT2D eigenvalue weighted by Crippen LogP contribution is 2.27. The van der Waals surface area contributed by atoms with E-state index in [-0.39, 0.29) is 0 Å². The van der Waals surface area contributed by atoms with Crippen LogP contribution in [0.1, 0.15) is 25.7 Å². The van der Waals surface area contributed by atoms with E-state index in [0.29, 0.717) is 6.10 Å². The van der Waals surface area contributed by atoms with Gasteiger partial charge in [0.05, 0.1) is 6.10 Å². The smallest absolute Gasteiger partial charge is 0.119 e. The first-order chi connectivity index (χ1) is 7.88. The lowest BCUT2D eigenvalue weighted by molar-refractivity contribution is 0.131. The first-order valence-electron chi connectivity index (χ1n) is 6.25. The van der Waals surface area contributed by atoms with Crippen LogP contribution in [0.2, 0.25) is 0 Å². The number of benzene rings is 1. The Morgan fingerprint density at radius 3 is 2.44 bits per heavy atom. The van der Waals surface area contributed by atoms with E-state index < -0.39 is 0 Å². The van der Waals surface area contributed by atoms with Crippen molar-refractivity contribution in [2.75, 3.05) is 13.6 Å². The normalized spacial score (nSPS) is 25.3. The minimum absolute atomic E-state index is 0.426. The van der Waals surface area contributed by atoms with E-state index in [1.807, 2.05) is 37.4 Å². The van der Waals surface area contributed by atoms with Crippen LogP contribution in [0.4, 0.5) is 0 Å². The summed E-state index contributed by atoms with van der Waals surface area (Å²) in [6.45, 7) is 1.15. The summed E-state index contributed by atoms with van der Waals surface area (Å²) in [5.74, 6) is 1.86. The zero-order valence-electron chi connectivity index (χ0n) is 9.99. The van der Waals surface area contributed by atoms with Gasteiger partial charge >= 0.3 is 0 Å². The Kier molecular flexibility index (Phi) is 4.23. The molecule has 1 aliphatic rings. The quantitative estimate of drug-likeness (QED) is 0.840. The van der Waals surface area contributed by atoms with Crippen LogP contribution >= 0.6 is 0 Å². The van der Waals surface area contributed by atoms with Crippen molar-refractivity contribution in [2.24, 2.45) is 5.92 Å². The number of hydrogen-bond acceptors (Lipinski definition) is 2. The summed E-state index contributed by atoms with van der Waals surface area (Å²) in [5, 5.41) is 3.26. The van der Waals surface area contributed by atoms with E-state index in [1.54, 1.807) is 0 Å². The second kappa shape index (κ2) is 5.90. The molecule has 1 aromatic rings. The van der Waals surface area contributed by atoms with Crippen molar-refractivity contribution in [3.8, 4) is 5.75 Å². The highest BCUT2D eigenvalue weighted by atomic mass is 16.5. The predicted octanol–water partition coefficient (Wildman–Crippen LogP) is 2.84. The van der Waals surface area contributed by atoms with Crippen molar-refractivity contribution < 1.29 is 4.74 Å². The average Bonchev–Trinajstić information content (AvgIpc) is 2.33. The van der Waals surface area contributed by atoms with Gasteiger partial charge in [-0.25, -0.2) is 0 Å². The third-order valence-corrected chi connectivity index (χ3v) is 3.33. The Labute approximate surface area is 98.0 Å². The van der Waals surface area contributed by atoms with Crippen LogP contribution in [0.15, 0.2) is 30.3 Å². The molecular formula is C14H21NO. The predicted molar refractivity (Wildman–Crippen MR) is 66.7 cm³/mol.